The van der Waals surface area contributed by atoms with Gasteiger partial charge in [-0.3, -0.25) is 0 Å². The zero-order valence-corrected chi connectivity index (χ0v) is 13.2. The second kappa shape index (κ2) is 5.59. The van der Waals surface area contributed by atoms with E-state index in [2.05, 4.69) is 28.3 Å². The summed E-state index contributed by atoms with van der Waals surface area (Å²) in [4.78, 5) is 10.1. The Morgan fingerprint density at radius 2 is 1.95 bits per heavy atom. The van der Waals surface area contributed by atoms with Crippen LogP contribution in [0.1, 0.15) is 45.4 Å². The van der Waals surface area contributed by atoms with Gasteiger partial charge in [0.1, 0.15) is 11.9 Å². The molecule has 0 fully saturated rings. The number of aromatic nitrogens is 2. The fourth-order valence-electron chi connectivity index (χ4n) is 2.30. The molecule has 5 heteroatoms. The monoisotopic (exact) mass is 286 g/mol. The van der Waals surface area contributed by atoms with E-state index in [9.17, 15) is 5.26 Å². The van der Waals surface area contributed by atoms with Gasteiger partial charge in [0.15, 0.2) is 0 Å². The second-order valence-electron chi connectivity index (χ2n) is 4.96. The molecule has 0 amide bonds. The Hall–Kier alpha value is -1.93. The normalized spacial score (nSPS) is 12.0. The Morgan fingerprint density at radius 3 is 2.50 bits per heavy atom. The summed E-state index contributed by atoms with van der Waals surface area (Å²) in [5.74, 6) is 0.656. The zero-order valence-electron chi connectivity index (χ0n) is 12.4. The van der Waals surface area contributed by atoms with Gasteiger partial charge in [-0.05, 0) is 46.2 Å². The van der Waals surface area contributed by atoms with Crippen LogP contribution in [-0.4, -0.2) is 9.97 Å². The van der Waals surface area contributed by atoms with Gasteiger partial charge in [0.25, 0.3) is 0 Å². The topological polar surface area (TPSA) is 61.6 Å². The lowest BCUT2D eigenvalue weighted by molar-refractivity contribution is 0.875. The number of hydrogen-bond donors (Lipinski definition) is 1. The highest BCUT2D eigenvalue weighted by Crippen LogP contribution is 2.28. The summed E-state index contributed by atoms with van der Waals surface area (Å²) in [6.07, 6.45) is 0. The van der Waals surface area contributed by atoms with E-state index in [0.29, 0.717) is 11.4 Å². The molecular formula is C15H18N4S. The van der Waals surface area contributed by atoms with Crippen LogP contribution in [0.3, 0.4) is 0 Å². The van der Waals surface area contributed by atoms with Crippen LogP contribution < -0.4 is 5.32 Å². The number of hydrogen-bond acceptors (Lipinski definition) is 5. The zero-order chi connectivity index (χ0) is 14.9. The molecule has 2 heterocycles. The summed E-state index contributed by atoms with van der Waals surface area (Å²) in [5.41, 5.74) is 3.51. The quantitative estimate of drug-likeness (QED) is 0.931. The predicted molar refractivity (Wildman–Crippen MR) is 82.1 cm³/mol. The molecule has 0 saturated heterocycles. The van der Waals surface area contributed by atoms with Crippen LogP contribution >= 0.6 is 11.3 Å². The van der Waals surface area contributed by atoms with Crippen LogP contribution in [0, 0.1) is 39.0 Å². The summed E-state index contributed by atoms with van der Waals surface area (Å²) in [7, 11) is 0. The molecule has 2 aromatic rings. The van der Waals surface area contributed by atoms with E-state index in [1.54, 1.807) is 11.3 Å². The first-order valence-electron chi connectivity index (χ1n) is 6.51. The fraction of sp³-hybridized carbons (Fsp3) is 0.400. The third-order valence-electron chi connectivity index (χ3n) is 3.14. The molecule has 0 aliphatic rings. The van der Waals surface area contributed by atoms with Crippen LogP contribution in [0.25, 0.3) is 0 Å². The van der Waals surface area contributed by atoms with Crippen LogP contribution in [0.4, 0.5) is 5.82 Å². The Kier molecular flexibility index (Phi) is 4.05. The predicted octanol–water partition coefficient (Wildman–Crippen LogP) is 3.82. The SMILES string of the molecule is Cc1cc(C)c(C#N)c(NC(C)c2sc(C)nc2C)n1. The van der Waals surface area contributed by atoms with Crippen molar-refractivity contribution in [2.24, 2.45) is 0 Å². The van der Waals surface area contributed by atoms with E-state index in [-0.39, 0.29) is 6.04 Å². The molecule has 2 rings (SSSR count). The lowest BCUT2D eigenvalue weighted by Gasteiger charge is -2.16. The van der Waals surface area contributed by atoms with Crippen molar-refractivity contribution < 1.29 is 0 Å². The Labute approximate surface area is 123 Å². The van der Waals surface area contributed by atoms with Crippen molar-refractivity contribution >= 4 is 17.2 Å². The standard InChI is InChI=1S/C15H18N4S/c1-8-6-9(2)17-15(13(8)7-16)19-11(4)14-10(3)18-12(5)20-14/h6,11H,1-5H3,(H,17,19). The second-order valence-corrected chi connectivity index (χ2v) is 6.20. The molecule has 20 heavy (non-hydrogen) atoms. The van der Waals surface area contributed by atoms with Crippen molar-refractivity contribution in [3.05, 3.63) is 38.5 Å². The number of nitriles is 1. The molecule has 1 N–H and O–H groups in total. The number of aryl methyl sites for hydroxylation is 4. The molecule has 0 aliphatic carbocycles. The highest BCUT2D eigenvalue weighted by atomic mass is 32.1. The summed E-state index contributed by atoms with van der Waals surface area (Å²) < 4.78 is 0. The van der Waals surface area contributed by atoms with E-state index < -0.39 is 0 Å². The number of pyridine rings is 1. The maximum atomic E-state index is 9.29. The molecule has 104 valence electrons. The molecule has 1 unspecified atom stereocenters. The molecule has 1 atom stereocenters. The van der Waals surface area contributed by atoms with Gasteiger partial charge in [0.2, 0.25) is 0 Å². The van der Waals surface area contributed by atoms with Gasteiger partial charge in [-0.25, -0.2) is 9.97 Å². The van der Waals surface area contributed by atoms with Crippen molar-refractivity contribution in [2.75, 3.05) is 5.32 Å². The molecular weight excluding hydrogens is 268 g/mol. The Balaban J connectivity index is 2.35. The van der Waals surface area contributed by atoms with Gasteiger partial charge >= 0.3 is 0 Å². The lowest BCUT2D eigenvalue weighted by Crippen LogP contribution is -2.10. The molecule has 0 aliphatic heterocycles. The third-order valence-corrected chi connectivity index (χ3v) is 4.40. The maximum absolute atomic E-state index is 9.29. The maximum Gasteiger partial charge on any atom is 0.144 e. The Bertz CT molecular complexity index is 682. The first-order chi connectivity index (χ1) is 9.42. The van der Waals surface area contributed by atoms with Crippen molar-refractivity contribution in [1.29, 1.82) is 5.26 Å². The molecule has 0 spiro atoms. The summed E-state index contributed by atoms with van der Waals surface area (Å²) in [6, 6.07) is 4.24. The number of rotatable bonds is 3. The van der Waals surface area contributed by atoms with Gasteiger partial charge in [0.05, 0.1) is 22.3 Å². The smallest absolute Gasteiger partial charge is 0.144 e. The van der Waals surface area contributed by atoms with Crippen LogP contribution in [-0.2, 0) is 0 Å². The summed E-state index contributed by atoms with van der Waals surface area (Å²) in [6.45, 7) is 9.96. The molecule has 0 radical (unpaired) electrons. The highest BCUT2D eigenvalue weighted by Gasteiger charge is 2.16. The summed E-state index contributed by atoms with van der Waals surface area (Å²) in [5, 5.41) is 13.7. The minimum absolute atomic E-state index is 0.0852. The van der Waals surface area contributed by atoms with Crippen molar-refractivity contribution in [1.82, 2.24) is 9.97 Å². The molecule has 4 nitrogen and oxygen atoms in total. The average molecular weight is 286 g/mol. The van der Waals surface area contributed by atoms with E-state index in [4.69, 9.17) is 0 Å². The number of nitrogens with one attached hydrogen (secondary N) is 1. The van der Waals surface area contributed by atoms with Gasteiger partial charge in [-0.2, -0.15) is 5.26 Å². The first kappa shape index (κ1) is 14.5. The molecule has 0 bridgehead atoms. The van der Waals surface area contributed by atoms with Crippen LogP contribution in [0.15, 0.2) is 6.07 Å². The van der Waals surface area contributed by atoms with Crippen molar-refractivity contribution in [3.8, 4) is 6.07 Å². The van der Waals surface area contributed by atoms with Crippen molar-refractivity contribution in [3.63, 3.8) is 0 Å². The largest absolute Gasteiger partial charge is 0.362 e. The van der Waals surface area contributed by atoms with Crippen LogP contribution in [0.5, 0.6) is 0 Å². The number of anilines is 1. The fourth-order valence-corrected chi connectivity index (χ4v) is 3.23. The van der Waals surface area contributed by atoms with E-state index >= 15 is 0 Å². The molecule has 2 aromatic heterocycles. The molecule has 0 saturated carbocycles. The van der Waals surface area contributed by atoms with E-state index in [1.165, 1.54) is 4.88 Å². The number of nitrogens with zero attached hydrogens (tertiary/aromatic N) is 3. The third kappa shape index (κ3) is 2.81. The van der Waals surface area contributed by atoms with Gasteiger partial charge in [-0.1, -0.05) is 0 Å². The minimum Gasteiger partial charge on any atom is -0.362 e. The Morgan fingerprint density at radius 1 is 1.25 bits per heavy atom. The van der Waals surface area contributed by atoms with Gasteiger partial charge in [0, 0.05) is 10.6 Å². The highest BCUT2D eigenvalue weighted by molar-refractivity contribution is 7.11. The lowest BCUT2D eigenvalue weighted by atomic mass is 10.1. The van der Waals surface area contributed by atoms with E-state index in [1.807, 2.05) is 33.8 Å². The minimum atomic E-state index is 0.0852. The van der Waals surface area contributed by atoms with Crippen LogP contribution in [0.2, 0.25) is 0 Å². The van der Waals surface area contributed by atoms with Crippen molar-refractivity contribution in [2.45, 2.75) is 40.7 Å². The van der Waals surface area contributed by atoms with Gasteiger partial charge in [-0.15, -0.1) is 11.3 Å². The van der Waals surface area contributed by atoms with E-state index in [0.717, 1.165) is 22.0 Å². The molecule has 0 aromatic carbocycles. The first-order valence-corrected chi connectivity index (χ1v) is 7.32. The summed E-state index contributed by atoms with van der Waals surface area (Å²) >= 11 is 1.68. The number of thiazole rings is 1. The van der Waals surface area contributed by atoms with Gasteiger partial charge < -0.3 is 5.32 Å². The average Bonchev–Trinajstić information content (AvgIpc) is 2.68.